The third kappa shape index (κ3) is 5.35. The zero-order valence-corrected chi connectivity index (χ0v) is 21.4. The topological polar surface area (TPSA) is 113 Å². The maximum atomic E-state index is 13.2. The van der Waals surface area contributed by atoms with Gasteiger partial charge in [-0.1, -0.05) is 12.1 Å². The number of hydrogen-bond donors (Lipinski definition) is 2. The molecule has 1 aromatic heterocycles. The van der Waals surface area contributed by atoms with Gasteiger partial charge < -0.3 is 29.6 Å². The highest BCUT2D eigenvalue weighted by atomic mass is 32.2. The molecule has 10 nitrogen and oxygen atoms in total. The number of rotatable bonds is 10. The second-order valence-corrected chi connectivity index (χ2v) is 8.90. The Hall–Kier alpha value is -3.86. The predicted molar refractivity (Wildman–Crippen MR) is 136 cm³/mol. The van der Waals surface area contributed by atoms with Gasteiger partial charge in [0.25, 0.3) is 5.91 Å². The van der Waals surface area contributed by atoms with E-state index in [-0.39, 0.29) is 18.4 Å². The molecule has 1 aliphatic heterocycles. The monoisotopic (exact) mass is 512 g/mol. The molecule has 0 unspecified atom stereocenters. The van der Waals surface area contributed by atoms with E-state index in [2.05, 4.69) is 15.7 Å². The molecule has 0 aliphatic carbocycles. The summed E-state index contributed by atoms with van der Waals surface area (Å²) in [4.78, 5) is 25.9. The lowest BCUT2D eigenvalue weighted by Gasteiger charge is -2.15. The van der Waals surface area contributed by atoms with Crippen molar-refractivity contribution in [3.8, 4) is 23.0 Å². The molecule has 0 saturated heterocycles. The van der Waals surface area contributed by atoms with Crippen LogP contribution < -0.4 is 29.6 Å². The van der Waals surface area contributed by atoms with Crippen molar-refractivity contribution in [3.63, 3.8) is 0 Å². The fraction of sp³-hybridized carbons (Fsp3) is 0.320. The molecule has 190 valence electrons. The molecule has 2 aromatic carbocycles. The van der Waals surface area contributed by atoms with Gasteiger partial charge >= 0.3 is 0 Å². The number of fused-ring (bicyclic) bond motifs is 1. The maximum Gasteiger partial charge on any atom is 0.257 e. The molecular weight excluding hydrogens is 484 g/mol. The number of anilines is 1. The smallest absolute Gasteiger partial charge is 0.257 e. The molecule has 0 spiro atoms. The summed E-state index contributed by atoms with van der Waals surface area (Å²) < 4.78 is 22.8. The molecule has 2 N–H and O–H groups in total. The van der Waals surface area contributed by atoms with Crippen molar-refractivity contribution in [3.05, 3.63) is 58.8 Å². The van der Waals surface area contributed by atoms with Crippen LogP contribution in [0.1, 0.15) is 27.2 Å². The number of methoxy groups -OCH3 is 4. The lowest BCUT2D eigenvalue weighted by molar-refractivity contribution is -0.122. The first-order valence-corrected chi connectivity index (χ1v) is 12.3. The zero-order valence-electron chi connectivity index (χ0n) is 20.5. The number of thioether (sulfide) groups is 1. The molecular formula is C25H28N4O6S. The summed E-state index contributed by atoms with van der Waals surface area (Å²) >= 11 is 1.71. The minimum atomic E-state index is -0.381. The zero-order chi connectivity index (χ0) is 25.7. The van der Waals surface area contributed by atoms with E-state index in [4.69, 9.17) is 18.9 Å². The third-order valence-electron chi connectivity index (χ3n) is 5.72. The van der Waals surface area contributed by atoms with Gasteiger partial charge in [0.15, 0.2) is 11.5 Å². The van der Waals surface area contributed by atoms with Crippen molar-refractivity contribution >= 4 is 29.4 Å². The molecule has 0 saturated carbocycles. The van der Waals surface area contributed by atoms with Crippen LogP contribution in [0.25, 0.3) is 0 Å². The first-order valence-electron chi connectivity index (χ1n) is 11.1. The average Bonchev–Trinajstić information content (AvgIpc) is 3.48. The first-order chi connectivity index (χ1) is 17.5. The van der Waals surface area contributed by atoms with E-state index in [0.29, 0.717) is 40.9 Å². The van der Waals surface area contributed by atoms with E-state index in [9.17, 15) is 9.59 Å². The fourth-order valence-corrected chi connectivity index (χ4v) is 4.88. The highest BCUT2D eigenvalue weighted by Crippen LogP contribution is 2.39. The molecule has 3 aromatic rings. The molecule has 0 atom stereocenters. The average molecular weight is 513 g/mol. The Morgan fingerprint density at radius 2 is 1.67 bits per heavy atom. The number of carbonyl (C=O) groups excluding carboxylic acids is 2. The Bertz CT molecular complexity index is 1230. The predicted octanol–water partition coefficient (Wildman–Crippen LogP) is 3.23. The van der Waals surface area contributed by atoms with Crippen molar-refractivity contribution in [2.75, 3.05) is 33.8 Å². The largest absolute Gasteiger partial charge is 0.497 e. The Morgan fingerprint density at radius 1 is 0.972 bits per heavy atom. The molecule has 0 radical (unpaired) electrons. The SMILES string of the molecule is COc1ccc(CNC(=O)Cn2nc3c(c2NC(=O)c2cc(OC)c(OC)c(OC)c2)CSC3)cc1. The summed E-state index contributed by atoms with van der Waals surface area (Å²) in [6, 6.07) is 10.6. The van der Waals surface area contributed by atoms with Gasteiger partial charge in [-0.3, -0.25) is 9.59 Å². The Labute approximate surface area is 213 Å². The maximum absolute atomic E-state index is 13.2. The highest BCUT2D eigenvalue weighted by Gasteiger charge is 2.26. The second-order valence-electron chi connectivity index (χ2n) is 7.92. The van der Waals surface area contributed by atoms with Crippen LogP contribution in [-0.4, -0.2) is 50.0 Å². The number of nitrogens with zero attached hydrogens (tertiary/aromatic N) is 2. The normalized spacial score (nSPS) is 12.0. The quantitative estimate of drug-likeness (QED) is 0.426. The third-order valence-corrected chi connectivity index (χ3v) is 6.69. The Kier molecular flexibility index (Phi) is 7.89. The van der Waals surface area contributed by atoms with Crippen molar-refractivity contribution in [2.24, 2.45) is 0 Å². The summed E-state index contributed by atoms with van der Waals surface area (Å²) in [5.74, 6) is 3.22. The minimum Gasteiger partial charge on any atom is -0.497 e. The van der Waals surface area contributed by atoms with E-state index >= 15 is 0 Å². The van der Waals surface area contributed by atoms with Crippen LogP contribution in [0.5, 0.6) is 23.0 Å². The van der Waals surface area contributed by atoms with Crippen LogP contribution in [-0.2, 0) is 29.4 Å². The Morgan fingerprint density at radius 3 is 2.28 bits per heavy atom. The van der Waals surface area contributed by atoms with Crippen LogP contribution >= 0.6 is 11.8 Å². The lowest BCUT2D eigenvalue weighted by Crippen LogP contribution is -2.28. The molecule has 11 heteroatoms. The number of nitrogens with one attached hydrogen (secondary N) is 2. The number of hydrogen-bond acceptors (Lipinski definition) is 8. The van der Waals surface area contributed by atoms with Gasteiger partial charge in [-0.25, -0.2) is 4.68 Å². The fourth-order valence-electron chi connectivity index (χ4n) is 3.85. The van der Waals surface area contributed by atoms with Gasteiger partial charge in [0.05, 0.1) is 34.1 Å². The summed E-state index contributed by atoms with van der Waals surface area (Å²) in [7, 11) is 6.08. The number of ether oxygens (including phenoxy) is 4. The molecule has 0 bridgehead atoms. The van der Waals surface area contributed by atoms with Crippen LogP contribution in [0.3, 0.4) is 0 Å². The van der Waals surface area contributed by atoms with Crippen LogP contribution in [0.4, 0.5) is 5.82 Å². The van der Waals surface area contributed by atoms with Crippen molar-refractivity contribution < 1.29 is 28.5 Å². The minimum absolute atomic E-state index is 0.0291. The van der Waals surface area contributed by atoms with Gasteiger partial charge in [-0.2, -0.15) is 16.9 Å². The number of aromatic nitrogens is 2. The van der Waals surface area contributed by atoms with E-state index in [1.54, 1.807) is 35.7 Å². The second kappa shape index (κ2) is 11.3. The van der Waals surface area contributed by atoms with E-state index in [1.165, 1.54) is 21.3 Å². The van der Waals surface area contributed by atoms with Gasteiger partial charge in [0.1, 0.15) is 18.1 Å². The molecule has 36 heavy (non-hydrogen) atoms. The summed E-state index contributed by atoms with van der Waals surface area (Å²) in [5, 5.41) is 10.4. The molecule has 2 heterocycles. The van der Waals surface area contributed by atoms with Gasteiger partial charge in [-0.05, 0) is 29.8 Å². The molecule has 0 fully saturated rings. The summed E-state index contributed by atoms with van der Waals surface area (Å²) in [6.45, 7) is 0.339. The summed E-state index contributed by atoms with van der Waals surface area (Å²) in [6.07, 6.45) is 0. The van der Waals surface area contributed by atoms with E-state index in [1.807, 2.05) is 24.3 Å². The highest BCUT2D eigenvalue weighted by molar-refractivity contribution is 7.98. The Balaban J connectivity index is 1.51. The van der Waals surface area contributed by atoms with Crippen LogP contribution in [0.2, 0.25) is 0 Å². The van der Waals surface area contributed by atoms with Crippen LogP contribution in [0, 0.1) is 0 Å². The van der Waals surface area contributed by atoms with Crippen molar-refractivity contribution in [2.45, 2.75) is 24.6 Å². The van der Waals surface area contributed by atoms with E-state index < -0.39 is 0 Å². The van der Waals surface area contributed by atoms with Crippen molar-refractivity contribution in [1.29, 1.82) is 0 Å². The van der Waals surface area contributed by atoms with Crippen LogP contribution in [0.15, 0.2) is 36.4 Å². The van der Waals surface area contributed by atoms with Gasteiger partial charge in [-0.15, -0.1) is 0 Å². The lowest BCUT2D eigenvalue weighted by atomic mass is 10.1. The first kappa shape index (κ1) is 25.2. The van der Waals surface area contributed by atoms with Gasteiger partial charge in [0, 0.05) is 29.2 Å². The molecule has 2 amide bonds. The standard InChI is InChI=1S/C25H28N4O6S/c1-32-17-7-5-15(6-8-17)11-26-22(30)12-29-24(18-13-36-14-19(18)28-29)27-25(31)16-9-20(33-2)23(35-4)21(10-16)34-3/h5-10H,11-14H2,1-4H3,(H,26,30)(H,27,31). The molecule has 1 aliphatic rings. The number of benzene rings is 2. The molecule has 4 rings (SSSR count). The van der Waals surface area contributed by atoms with Gasteiger partial charge in [0.2, 0.25) is 11.7 Å². The summed E-state index contributed by atoms with van der Waals surface area (Å²) in [5.41, 5.74) is 3.05. The van der Waals surface area contributed by atoms with Crippen molar-refractivity contribution in [1.82, 2.24) is 15.1 Å². The number of amides is 2. The number of carbonyl (C=O) groups is 2. The van der Waals surface area contributed by atoms with E-state index in [0.717, 1.165) is 28.3 Å².